The first-order chi connectivity index (χ1) is 13.0. The molecule has 138 valence electrons. The summed E-state index contributed by atoms with van der Waals surface area (Å²) in [6, 6.07) is 12.2. The van der Waals surface area contributed by atoms with Gasteiger partial charge in [-0.25, -0.2) is 0 Å². The van der Waals surface area contributed by atoms with Gasteiger partial charge in [0.15, 0.2) is 0 Å². The van der Waals surface area contributed by atoms with E-state index in [2.05, 4.69) is 5.32 Å². The molecule has 0 bridgehead atoms. The molecule has 1 fully saturated rings. The minimum Gasteiger partial charge on any atom is -0.497 e. The molecule has 2 aromatic rings. The van der Waals surface area contributed by atoms with Crippen LogP contribution in [0.4, 0.5) is 0 Å². The lowest BCUT2D eigenvalue weighted by Gasteiger charge is -2.19. The lowest BCUT2D eigenvalue weighted by atomic mass is 10.0. The highest BCUT2D eigenvalue weighted by Gasteiger charge is 2.35. The van der Waals surface area contributed by atoms with Gasteiger partial charge in [-0.1, -0.05) is 12.1 Å². The highest BCUT2D eigenvalue weighted by atomic mass is 16.5. The molecule has 1 saturated carbocycles. The smallest absolute Gasteiger partial charge is 0.261 e. The Hall–Kier alpha value is -3.15. The third-order valence-electron chi connectivity index (χ3n) is 5.21. The zero-order chi connectivity index (χ0) is 19.1. The van der Waals surface area contributed by atoms with Gasteiger partial charge in [0.25, 0.3) is 17.7 Å². The van der Waals surface area contributed by atoms with E-state index in [0.717, 1.165) is 29.1 Å². The van der Waals surface area contributed by atoms with E-state index in [-0.39, 0.29) is 29.3 Å². The van der Waals surface area contributed by atoms with Gasteiger partial charge in [-0.2, -0.15) is 0 Å². The standard InChI is InChI=1S/C21H20N2O4/c1-23-20(25)16-10-7-14(11-17(16)21(23)26)19(24)22-18(12-3-4-12)13-5-8-15(27-2)9-6-13/h5-12,18H,3-4H2,1-2H3,(H,22,24). The number of carbonyl (C=O) groups excluding carboxylic acids is 3. The second kappa shape index (κ2) is 6.54. The molecule has 6 heteroatoms. The zero-order valence-electron chi connectivity index (χ0n) is 15.2. The molecular weight excluding hydrogens is 344 g/mol. The number of ether oxygens (including phenoxy) is 1. The highest BCUT2D eigenvalue weighted by Crippen LogP contribution is 2.41. The molecule has 27 heavy (non-hydrogen) atoms. The van der Waals surface area contributed by atoms with Crippen LogP contribution in [0.3, 0.4) is 0 Å². The third-order valence-corrected chi connectivity index (χ3v) is 5.21. The van der Waals surface area contributed by atoms with Crippen LogP contribution in [0.5, 0.6) is 5.75 Å². The van der Waals surface area contributed by atoms with Crippen LogP contribution in [0.25, 0.3) is 0 Å². The number of amides is 3. The molecule has 1 N–H and O–H groups in total. The first kappa shape index (κ1) is 17.3. The van der Waals surface area contributed by atoms with Crippen molar-refractivity contribution >= 4 is 17.7 Å². The Morgan fingerprint density at radius 1 is 1.07 bits per heavy atom. The van der Waals surface area contributed by atoms with Crippen molar-refractivity contribution in [2.75, 3.05) is 14.2 Å². The van der Waals surface area contributed by atoms with Crippen molar-refractivity contribution in [2.24, 2.45) is 5.92 Å². The second-order valence-electron chi connectivity index (χ2n) is 6.99. The third kappa shape index (κ3) is 3.07. The molecule has 0 radical (unpaired) electrons. The van der Waals surface area contributed by atoms with Gasteiger partial charge in [0.1, 0.15) is 5.75 Å². The quantitative estimate of drug-likeness (QED) is 0.828. The van der Waals surface area contributed by atoms with Gasteiger partial charge < -0.3 is 10.1 Å². The van der Waals surface area contributed by atoms with Crippen molar-refractivity contribution in [3.8, 4) is 5.75 Å². The molecule has 1 atom stereocenters. The first-order valence-electron chi connectivity index (χ1n) is 8.91. The molecule has 0 spiro atoms. The number of imide groups is 1. The van der Waals surface area contributed by atoms with Crippen LogP contribution in [0, 0.1) is 5.92 Å². The SMILES string of the molecule is COc1ccc(C(NC(=O)c2ccc3c(c2)C(=O)N(C)C3=O)C2CC2)cc1. The largest absolute Gasteiger partial charge is 0.497 e. The van der Waals surface area contributed by atoms with Gasteiger partial charge in [0.2, 0.25) is 0 Å². The Labute approximate surface area is 157 Å². The number of methoxy groups -OCH3 is 1. The zero-order valence-corrected chi connectivity index (χ0v) is 15.2. The fraction of sp³-hybridized carbons (Fsp3) is 0.286. The summed E-state index contributed by atoms with van der Waals surface area (Å²) in [5.74, 6) is 0.214. The normalized spacial score (nSPS) is 16.9. The van der Waals surface area contributed by atoms with E-state index in [1.54, 1.807) is 19.2 Å². The van der Waals surface area contributed by atoms with Gasteiger partial charge >= 0.3 is 0 Å². The number of nitrogens with zero attached hydrogens (tertiary/aromatic N) is 1. The summed E-state index contributed by atoms with van der Waals surface area (Å²) in [7, 11) is 3.06. The van der Waals surface area contributed by atoms with Crippen LogP contribution in [-0.2, 0) is 0 Å². The molecule has 1 aliphatic carbocycles. The van der Waals surface area contributed by atoms with Gasteiger partial charge in [0, 0.05) is 12.6 Å². The van der Waals surface area contributed by atoms with E-state index in [1.807, 2.05) is 24.3 Å². The maximum absolute atomic E-state index is 12.8. The summed E-state index contributed by atoms with van der Waals surface area (Å²) in [5, 5.41) is 3.09. The Morgan fingerprint density at radius 3 is 2.37 bits per heavy atom. The topological polar surface area (TPSA) is 75.7 Å². The van der Waals surface area contributed by atoms with Crippen LogP contribution >= 0.6 is 0 Å². The average molecular weight is 364 g/mol. The molecule has 1 aliphatic heterocycles. The van der Waals surface area contributed by atoms with Crippen molar-refractivity contribution < 1.29 is 19.1 Å². The average Bonchev–Trinajstić information content (AvgIpc) is 3.52. The second-order valence-corrected chi connectivity index (χ2v) is 6.99. The van der Waals surface area contributed by atoms with Gasteiger partial charge in [0.05, 0.1) is 24.3 Å². The van der Waals surface area contributed by atoms with Crippen molar-refractivity contribution in [3.05, 3.63) is 64.7 Å². The lowest BCUT2D eigenvalue weighted by Crippen LogP contribution is -2.30. The lowest BCUT2D eigenvalue weighted by molar-refractivity contribution is 0.0693. The first-order valence-corrected chi connectivity index (χ1v) is 8.91. The van der Waals surface area contributed by atoms with E-state index < -0.39 is 0 Å². The summed E-state index contributed by atoms with van der Waals surface area (Å²) in [6.07, 6.45) is 2.14. The molecule has 2 aliphatic rings. The van der Waals surface area contributed by atoms with Gasteiger partial charge in [-0.15, -0.1) is 0 Å². The van der Waals surface area contributed by atoms with E-state index >= 15 is 0 Å². The molecule has 1 heterocycles. The van der Waals surface area contributed by atoms with Crippen LogP contribution in [0.2, 0.25) is 0 Å². The van der Waals surface area contributed by atoms with E-state index in [4.69, 9.17) is 4.74 Å². The number of hydrogen-bond donors (Lipinski definition) is 1. The van der Waals surface area contributed by atoms with Crippen LogP contribution in [0.1, 0.15) is 55.5 Å². The van der Waals surface area contributed by atoms with E-state index in [0.29, 0.717) is 17.0 Å². The molecule has 3 amide bonds. The molecular formula is C21H20N2O4. The summed E-state index contributed by atoms with van der Waals surface area (Å²) < 4.78 is 5.19. The highest BCUT2D eigenvalue weighted by molar-refractivity contribution is 6.21. The number of hydrogen-bond acceptors (Lipinski definition) is 4. The predicted molar refractivity (Wildman–Crippen MR) is 98.8 cm³/mol. The molecule has 0 aromatic heterocycles. The molecule has 4 rings (SSSR count). The molecule has 2 aromatic carbocycles. The summed E-state index contributed by atoms with van der Waals surface area (Å²) in [6.45, 7) is 0. The Bertz CT molecular complexity index is 932. The summed E-state index contributed by atoms with van der Waals surface area (Å²) in [5.41, 5.74) is 2.03. The van der Waals surface area contributed by atoms with Crippen molar-refractivity contribution in [1.29, 1.82) is 0 Å². The Balaban J connectivity index is 1.57. The van der Waals surface area contributed by atoms with Crippen LogP contribution in [-0.4, -0.2) is 36.8 Å². The number of benzene rings is 2. The van der Waals surface area contributed by atoms with Gasteiger partial charge in [-0.05, 0) is 54.7 Å². The summed E-state index contributed by atoms with van der Waals surface area (Å²) in [4.78, 5) is 38.0. The van der Waals surface area contributed by atoms with E-state index in [9.17, 15) is 14.4 Å². The summed E-state index contributed by atoms with van der Waals surface area (Å²) >= 11 is 0. The maximum Gasteiger partial charge on any atom is 0.261 e. The fourth-order valence-electron chi connectivity index (χ4n) is 3.44. The molecule has 1 unspecified atom stereocenters. The minimum absolute atomic E-state index is 0.0864. The molecule has 6 nitrogen and oxygen atoms in total. The Kier molecular flexibility index (Phi) is 4.18. The molecule has 0 saturated heterocycles. The minimum atomic E-state index is -0.376. The van der Waals surface area contributed by atoms with Crippen molar-refractivity contribution in [1.82, 2.24) is 10.2 Å². The Morgan fingerprint density at radius 2 is 1.74 bits per heavy atom. The predicted octanol–water partition coefficient (Wildman–Crippen LogP) is 2.80. The van der Waals surface area contributed by atoms with Crippen molar-refractivity contribution in [2.45, 2.75) is 18.9 Å². The fourth-order valence-corrected chi connectivity index (χ4v) is 3.44. The van der Waals surface area contributed by atoms with Gasteiger partial charge in [-0.3, -0.25) is 19.3 Å². The monoisotopic (exact) mass is 364 g/mol. The number of rotatable bonds is 5. The number of fused-ring (bicyclic) bond motifs is 1. The maximum atomic E-state index is 12.8. The van der Waals surface area contributed by atoms with Crippen LogP contribution in [0.15, 0.2) is 42.5 Å². The van der Waals surface area contributed by atoms with Crippen LogP contribution < -0.4 is 10.1 Å². The number of nitrogens with one attached hydrogen (secondary N) is 1. The van der Waals surface area contributed by atoms with E-state index in [1.165, 1.54) is 13.1 Å². The number of carbonyl (C=O) groups is 3. The van der Waals surface area contributed by atoms with Crippen molar-refractivity contribution in [3.63, 3.8) is 0 Å².